The summed E-state index contributed by atoms with van der Waals surface area (Å²) in [7, 11) is 6.60. The fourth-order valence-electron chi connectivity index (χ4n) is 10.2. The molecule has 3 atom stereocenters. The molecule has 3 radical (unpaired) electrons. The first-order valence-corrected chi connectivity index (χ1v) is 27.8. The van der Waals surface area contributed by atoms with Crippen LogP contribution in [0.5, 0.6) is 0 Å². The van der Waals surface area contributed by atoms with Crippen molar-refractivity contribution in [2.24, 2.45) is 5.73 Å². The van der Waals surface area contributed by atoms with Crippen molar-refractivity contribution in [1.82, 2.24) is 20.2 Å². The van der Waals surface area contributed by atoms with Gasteiger partial charge >= 0.3 is 53.0 Å². The third-order valence-corrected chi connectivity index (χ3v) is 15.0. The monoisotopic (exact) mass is 1120 g/mol. The van der Waals surface area contributed by atoms with E-state index in [0.717, 1.165) is 50.9 Å². The molecular weight excluding hydrogens is 1030 g/mol. The summed E-state index contributed by atoms with van der Waals surface area (Å²) in [6, 6.07) is 45.7. The predicted molar refractivity (Wildman–Crippen MR) is 320 cm³/mol. The van der Waals surface area contributed by atoms with Crippen LogP contribution >= 0.6 is 0 Å². The molecule has 431 valence electrons. The Morgan fingerprint density at radius 1 is 0.605 bits per heavy atom. The SMILES string of the molecule is C.CC(=O)OOC(C)=O.CC(CCN(C)C1CCC(c2ccc3[nH]c(=O)oc3c2)CC1)c1ccccc1.CC(CCN)c1ccccc1.CC(CCNC1CCC(c2ccc3[nH]c(=O)oc3c2)CC1)c1ccccc1.[B-]OC(C)=O.[Na+]. The predicted octanol–water partition coefficient (Wildman–Crippen LogP) is 9.64. The summed E-state index contributed by atoms with van der Waals surface area (Å²) in [5.74, 6) is 0.433. The number of H-pyrrole nitrogens is 2. The van der Waals surface area contributed by atoms with Gasteiger partial charge in [-0.1, -0.05) is 131 Å². The number of aromatic nitrogens is 2. The number of nitrogens with one attached hydrogen (secondary N) is 3. The van der Waals surface area contributed by atoms with Crippen molar-refractivity contribution in [2.45, 2.75) is 161 Å². The van der Waals surface area contributed by atoms with Crippen molar-refractivity contribution in [3.63, 3.8) is 0 Å². The van der Waals surface area contributed by atoms with Gasteiger partial charge in [0.05, 0.1) is 11.0 Å². The number of oxazole rings is 2. The summed E-state index contributed by atoms with van der Waals surface area (Å²) < 4.78 is 14.1. The third-order valence-electron chi connectivity index (χ3n) is 15.0. The Balaban J connectivity index is 0.000000300. The van der Waals surface area contributed by atoms with Crippen LogP contribution in [0.4, 0.5) is 0 Å². The van der Waals surface area contributed by atoms with Gasteiger partial charge in [-0.3, -0.25) is 14.8 Å². The molecule has 0 saturated heterocycles. The molecule has 5 N–H and O–H groups in total. The van der Waals surface area contributed by atoms with Gasteiger partial charge in [0, 0.05) is 32.9 Å². The second kappa shape index (κ2) is 37.2. The van der Waals surface area contributed by atoms with E-state index >= 15 is 0 Å². The van der Waals surface area contributed by atoms with Gasteiger partial charge in [-0.15, -0.1) is 0 Å². The number of carbonyl (C=O) groups excluding carboxylic acids is 3. The van der Waals surface area contributed by atoms with Crippen LogP contribution in [0.25, 0.3) is 22.2 Å². The second-order valence-corrected chi connectivity index (χ2v) is 20.9. The first-order valence-electron chi connectivity index (χ1n) is 27.8. The van der Waals surface area contributed by atoms with E-state index in [-0.39, 0.29) is 48.5 Å². The van der Waals surface area contributed by atoms with Crippen molar-refractivity contribution >= 4 is 48.2 Å². The number of hydrogen-bond acceptors (Lipinski definition) is 13. The van der Waals surface area contributed by atoms with E-state index < -0.39 is 17.9 Å². The maximum absolute atomic E-state index is 11.4. The van der Waals surface area contributed by atoms with E-state index in [1.54, 1.807) is 0 Å². The molecule has 2 fully saturated rings. The molecule has 9 rings (SSSR count). The quantitative estimate of drug-likeness (QED) is 0.0428. The number of nitrogens with two attached hydrogens (primary N) is 1. The molecule has 2 aliphatic carbocycles. The van der Waals surface area contributed by atoms with Gasteiger partial charge in [-0.25, -0.2) is 29.0 Å². The van der Waals surface area contributed by atoms with Crippen molar-refractivity contribution in [3.05, 3.63) is 176 Å². The first kappa shape index (κ1) is 69.3. The molecule has 3 unspecified atom stereocenters. The minimum Gasteiger partial charge on any atom is -0.793 e. The Morgan fingerprint density at radius 3 is 1.37 bits per heavy atom. The number of nitrogens with zero attached hydrogens (tertiary/aromatic N) is 1. The van der Waals surface area contributed by atoms with E-state index in [4.69, 9.17) is 14.6 Å². The molecule has 81 heavy (non-hydrogen) atoms. The van der Waals surface area contributed by atoms with Gasteiger partial charge < -0.3 is 37.5 Å². The molecule has 5 aromatic carbocycles. The topological polar surface area (TPSA) is 212 Å². The van der Waals surface area contributed by atoms with Crippen LogP contribution in [0.1, 0.15) is 177 Å². The zero-order valence-corrected chi connectivity index (χ0v) is 50.2. The van der Waals surface area contributed by atoms with Crippen molar-refractivity contribution in [1.29, 1.82) is 0 Å². The molecule has 2 aliphatic rings. The normalized spacial score (nSPS) is 17.4. The molecule has 7 aromatic rings. The summed E-state index contributed by atoms with van der Waals surface area (Å²) >= 11 is 0. The van der Waals surface area contributed by atoms with Crippen molar-refractivity contribution in [2.75, 3.05) is 26.7 Å². The molecule has 2 aromatic heterocycles. The number of rotatable bonds is 15. The number of carbonyl (C=O) groups is 3. The van der Waals surface area contributed by atoms with E-state index in [0.29, 0.717) is 52.8 Å². The fourth-order valence-corrected chi connectivity index (χ4v) is 10.2. The van der Waals surface area contributed by atoms with Crippen LogP contribution in [-0.2, 0) is 28.8 Å². The molecule has 0 bridgehead atoms. The molecule has 0 amide bonds. The van der Waals surface area contributed by atoms with Crippen LogP contribution in [0.2, 0.25) is 0 Å². The van der Waals surface area contributed by atoms with Gasteiger partial charge in [0.2, 0.25) is 5.97 Å². The van der Waals surface area contributed by atoms with Crippen LogP contribution in [0.3, 0.4) is 0 Å². The van der Waals surface area contributed by atoms with Crippen LogP contribution in [0.15, 0.2) is 146 Å². The Labute approximate surface area is 502 Å². The summed E-state index contributed by atoms with van der Waals surface area (Å²) in [6.45, 7) is 13.4. The Bertz CT molecular complexity index is 2970. The van der Waals surface area contributed by atoms with E-state index in [2.05, 4.69) is 168 Å². The van der Waals surface area contributed by atoms with E-state index in [1.165, 1.54) is 98.9 Å². The summed E-state index contributed by atoms with van der Waals surface area (Å²) in [4.78, 5) is 67.5. The zero-order valence-electron chi connectivity index (χ0n) is 48.2. The number of fused-ring (bicyclic) bond motifs is 2. The number of hydrogen-bond donors (Lipinski definition) is 4. The molecular formula is C64H86BN5NaO10. The second-order valence-electron chi connectivity index (χ2n) is 20.9. The minimum absolute atomic E-state index is 0. The molecule has 2 heterocycles. The van der Waals surface area contributed by atoms with E-state index in [9.17, 15) is 24.0 Å². The minimum atomic E-state index is -0.639. The largest absolute Gasteiger partial charge is 1.00 e. The molecule has 2 saturated carbocycles. The van der Waals surface area contributed by atoms with Gasteiger partial charge in [0.25, 0.3) is 0 Å². The van der Waals surface area contributed by atoms with Crippen LogP contribution < -0.4 is 52.1 Å². The van der Waals surface area contributed by atoms with Crippen LogP contribution in [-0.4, -0.2) is 79.6 Å². The summed E-state index contributed by atoms with van der Waals surface area (Å²) in [5, 5.41) is 3.76. The summed E-state index contributed by atoms with van der Waals surface area (Å²) in [5.41, 5.74) is 15.2. The maximum Gasteiger partial charge on any atom is 1.00 e. The fraction of sp³-hybridized carbons (Fsp3) is 0.453. The zero-order chi connectivity index (χ0) is 57.1. The number of benzene rings is 5. The van der Waals surface area contributed by atoms with E-state index in [1.807, 2.05) is 30.3 Å². The standard InChI is InChI=1S/C24H30N2O2.C23H28N2O2.C10H15N.C4H6O4.C2H3BO2.CH4.Na/c1-17(18-6-4-3-5-7-18)14-15-26(2)21-11-8-19(9-12-21)20-10-13-22-23(16-20)28-24(27)25-22;1-16(17-5-3-2-4-6-17)13-14-24-20-10-7-18(8-11-20)19-9-12-21-22(15-19)27-23(26)25-21;1-9(7-8-11)10-5-3-2-4-6-10;1-3(5)7-8-4(2)6;1-2(4)5-3;;/h3-7,10,13,16-17,19,21H,8-9,11-12,14-15H2,1-2H3,(H,25,27);2-6,9,12,15-16,18,20,24H,7-8,10-11,13-14H2,1H3,(H,25,26);2-6,9H,7-8,11H2,1H3;1-2H3;1H3;1H4;/q;;;;-1;;+1. The summed E-state index contributed by atoms with van der Waals surface area (Å²) in [6.07, 6.45) is 13.1. The molecule has 15 nitrogen and oxygen atoms in total. The van der Waals surface area contributed by atoms with Crippen molar-refractivity contribution in [3.8, 4) is 0 Å². The Hall–Kier alpha value is -6.01. The van der Waals surface area contributed by atoms with Crippen LogP contribution in [0, 0.1) is 0 Å². The molecule has 17 heteroatoms. The van der Waals surface area contributed by atoms with Gasteiger partial charge in [-0.2, -0.15) is 0 Å². The maximum atomic E-state index is 11.4. The van der Waals surface area contributed by atoms with Gasteiger partial charge in [-0.05, 0) is 179 Å². The molecule has 0 spiro atoms. The third kappa shape index (κ3) is 24.5. The number of aromatic amines is 2. The van der Waals surface area contributed by atoms with Gasteiger partial charge in [0.1, 0.15) is 0 Å². The Morgan fingerprint density at radius 2 is 0.988 bits per heavy atom. The van der Waals surface area contributed by atoms with Gasteiger partial charge in [0.15, 0.2) is 11.2 Å². The average Bonchev–Trinajstić information content (AvgIpc) is 4.05. The smallest absolute Gasteiger partial charge is 0.793 e. The van der Waals surface area contributed by atoms with Crippen molar-refractivity contribution < 1.29 is 67.2 Å². The molecule has 0 aliphatic heterocycles. The average molecular weight is 1120 g/mol. The Kier molecular flexibility index (Phi) is 31.8. The first-order chi connectivity index (χ1) is 38.0.